The van der Waals surface area contributed by atoms with Crippen LogP contribution >= 0.6 is 11.6 Å². The van der Waals surface area contributed by atoms with Gasteiger partial charge in [0, 0.05) is 16.9 Å². The molecule has 110 valence electrons. The topological polar surface area (TPSA) is 89.3 Å². The van der Waals surface area contributed by atoms with Gasteiger partial charge in [0.1, 0.15) is 4.90 Å². The summed E-state index contributed by atoms with van der Waals surface area (Å²) in [6.45, 7) is 1.41. The van der Waals surface area contributed by atoms with Crippen LogP contribution in [0.2, 0.25) is 5.02 Å². The number of carbonyl (C=O) groups excluding carboxylic acids is 1. The van der Waals surface area contributed by atoms with E-state index in [-0.39, 0.29) is 27.1 Å². The van der Waals surface area contributed by atoms with E-state index in [0.29, 0.717) is 5.56 Å². The molecule has 2 rings (SSSR count). The zero-order valence-electron chi connectivity index (χ0n) is 11.1. The van der Waals surface area contributed by atoms with Crippen molar-refractivity contribution >= 4 is 38.8 Å². The number of carbonyl (C=O) groups is 1. The van der Waals surface area contributed by atoms with Gasteiger partial charge in [-0.3, -0.25) is 9.52 Å². The quantitative estimate of drug-likeness (QED) is 0.668. The van der Waals surface area contributed by atoms with Crippen LogP contribution in [-0.2, 0) is 10.0 Å². The summed E-state index contributed by atoms with van der Waals surface area (Å²) in [6, 6.07) is 10.4. The first-order valence-corrected chi connectivity index (χ1v) is 7.84. The highest BCUT2D eigenvalue weighted by molar-refractivity contribution is 7.92. The first-order valence-electron chi connectivity index (χ1n) is 5.98. The molecule has 0 aromatic heterocycles. The number of rotatable bonds is 4. The standard InChI is InChI=1S/C14H13ClN2O3S/c1-9(18)10-3-2-4-12(7-10)17-21(19,20)14-8-11(16)5-6-13(14)15/h2-8,17H,16H2,1H3. The van der Waals surface area contributed by atoms with E-state index in [2.05, 4.69) is 4.72 Å². The number of hydrogen-bond acceptors (Lipinski definition) is 4. The molecular weight excluding hydrogens is 312 g/mol. The van der Waals surface area contributed by atoms with Crippen molar-refractivity contribution in [1.29, 1.82) is 0 Å². The van der Waals surface area contributed by atoms with E-state index in [4.69, 9.17) is 17.3 Å². The second-order valence-corrected chi connectivity index (χ2v) is 6.49. The Bertz CT molecular complexity index is 804. The summed E-state index contributed by atoms with van der Waals surface area (Å²) in [5, 5.41) is 0.0689. The molecule has 0 radical (unpaired) electrons. The van der Waals surface area contributed by atoms with Crippen LogP contribution < -0.4 is 10.5 Å². The average Bonchev–Trinajstić information content (AvgIpc) is 2.41. The lowest BCUT2D eigenvalue weighted by molar-refractivity contribution is 0.101. The van der Waals surface area contributed by atoms with Crippen LogP contribution in [0, 0.1) is 0 Å². The van der Waals surface area contributed by atoms with Crippen LogP contribution in [0.1, 0.15) is 17.3 Å². The van der Waals surface area contributed by atoms with Gasteiger partial charge >= 0.3 is 0 Å². The number of hydrogen-bond donors (Lipinski definition) is 2. The highest BCUT2D eigenvalue weighted by Crippen LogP contribution is 2.26. The van der Waals surface area contributed by atoms with Crippen molar-refractivity contribution in [2.75, 3.05) is 10.5 Å². The molecule has 0 amide bonds. The molecule has 0 bridgehead atoms. The van der Waals surface area contributed by atoms with E-state index >= 15 is 0 Å². The van der Waals surface area contributed by atoms with Crippen LogP contribution in [0.3, 0.4) is 0 Å². The molecule has 2 aromatic carbocycles. The zero-order valence-corrected chi connectivity index (χ0v) is 12.7. The SMILES string of the molecule is CC(=O)c1cccc(NS(=O)(=O)c2cc(N)ccc2Cl)c1. The van der Waals surface area contributed by atoms with Gasteiger partial charge < -0.3 is 5.73 Å². The first kappa shape index (κ1) is 15.3. The van der Waals surface area contributed by atoms with Gasteiger partial charge in [-0.05, 0) is 37.3 Å². The van der Waals surface area contributed by atoms with Gasteiger partial charge in [-0.2, -0.15) is 0 Å². The number of sulfonamides is 1. The molecule has 0 aliphatic heterocycles. The Hall–Kier alpha value is -2.05. The Balaban J connectivity index is 2.40. The van der Waals surface area contributed by atoms with Gasteiger partial charge in [-0.15, -0.1) is 0 Å². The molecule has 0 aliphatic carbocycles. The molecule has 21 heavy (non-hydrogen) atoms. The van der Waals surface area contributed by atoms with E-state index < -0.39 is 10.0 Å². The Morgan fingerprint density at radius 1 is 1.19 bits per heavy atom. The van der Waals surface area contributed by atoms with E-state index in [1.807, 2.05) is 0 Å². The molecule has 0 saturated heterocycles. The molecule has 2 aromatic rings. The molecule has 0 spiro atoms. The van der Waals surface area contributed by atoms with Gasteiger partial charge in [0.05, 0.1) is 5.02 Å². The summed E-state index contributed by atoms with van der Waals surface area (Å²) < 4.78 is 27.0. The summed E-state index contributed by atoms with van der Waals surface area (Å²) in [5.74, 6) is -0.155. The number of benzene rings is 2. The van der Waals surface area contributed by atoms with E-state index in [1.165, 1.54) is 31.2 Å². The summed E-state index contributed by atoms with van der Waals surface area (Å²) in [5.41, 5.74) is 6.56. The second-order valence-electron chi connectivity index (χ2n) is 4.43. The number of nitrogens with two attached hydrogens (primary N) is 1. The van der Waals surface area contributed by atoms with Gasteiger partial charge in [0.15, 0.2) is 5.78 Å². The smallest absolute Gasteiger partial charge is 0.263 e. The summed E-state index contributed by atoms with van der Waals surface area (Å²) in [6.07, 6.45) is 0. The largest absolute Gasteiger partial charge is 0.399 e. The minimum absolute atomic E-state index is 0.0689. The third kappa shape index (κ3) is 3.53. The molecule has 0 saturated carbocycles. The third-order valence-corrected chi connectivity index (χ3v) is 4.63. The van der Waals surface area contributed by atoms with Gasteiger partial charge in [-0.25, -0.2) is 8.42 Å². The second kappa shape index (κ2) is 5.75. The van der Waals surface area contributed by atoms with E-state index in [1.54, 1.807) is 18.2 Å². The maximum Gasteiger partial charge on any atom is 0.263 e. The Kier molecular flexibility index (Phi) is 4.20. The van der Waals surface area contributed by atoms with Gasteiger partial charge in [-0.1, -0.05) is 23.7 Å². The maximum absolute atomic E-state index is 12.3. The highest BCUT2D eigenvalue weighted by Gasteiger charge is 2.18. The number of anilines is 2. The molecule has 5 nitrogen and oxygen atoms in total. The van der Waals surface area contributed by atoms with Gasteiger partial charge in [0.25, 0.3) is 10.0 Å². The van der Waals surface area contributed by atoms with Crippen molar-refractivity contribution in [3.05, 3.63) is 53.1 Å². The van der Waals surface area contributed by atoms with Crippen molar-refractivity contribution in [3.63, 3.8) is 0 Å². The zero-order chi connectivity index (χ0) is 15.6. The summed E-state index contributed by atoms with van der Waals surface area (Å²) in [4.78, 5) is 11.2. The predicted octanol–water partition coefficient (Wildman–Crippen LogP) is 2.93. The molecule has 0 aliphatic rings. The van der Waals surface area contributed by atoms with Crippen LogP contribution in [-0.4, -0.2) is 14.2 Å². The van der Waals surface area contributed by atoms with Crippen LogP contribution in [0.25, 0.3) is 0 Å². The molecule has 0 atom stereocenters. The fourth-order valence-corrected chi connectivity index (χ4v) is 3.32. The highest BCUT2D eigenvalue weighted by atomic mass is 35.5. The van der Waals surface area contributed by atoms with Crippen molar-refractivity contribution in [3.8, 4) is 0 Å². The fraction of sp³-hybridized carbons (Fsp3) is 0.0714. The lowest BCUT2D eigenvalue weighted by atomic mass is 10.1. The van der Waals surface area contributed by atoms with E-state index in [0.717, 1.165) is 0 Å². The molecule has 0 unspecified atom stereocenters. The molecule has 3 N–H and O–H groups in total. The predicted molar refractivity (Wildman–Crippen MR) is 83.1 cm³/mol. The minimum Gasteiger partial charge on any atom is -0.399 e. The minimum atomic E-state index is -3.88. The van der Waals surface area contributed by atoms with E-state index in [9.17, 15) is 13.2 Å². The van der Waals surface area contributed by atoms with Crippen molar-refractivity contribution < 1.29 is 13.2 Å². The van der Waals surface area contributed by atoms with Crippen LogP contribution in [0.4, 0.5) is 11.4 Å². The lowest BCUT2D eigenvalue weighted by Crippen LogP contribution is -2.14. The normalized spacial score (nSPS) is 11.1. The van der Waals surface area contributed by atoms with Crippen molar-refractivity contribution in [2.45, 2.75) is 11.8 Å². The lowest BCUT2D eigenvalue weighted by Gasteiger charge is -2.10. The Morgan fingerprint density at radius 3 is 2.57 bits per heavy atom. The summed E-state index contributed by atoms with van der Waals surface area (Å²) >= 11 is 5.90. The first-order chi connectivity index (χ1) is 9.79. The fourth-order valence-electron chi connectivity index (χ4n) is 1.74. The molecule has 0 heterocycles. The van der Waals surface area contributed by atoms with Gasteiger partial charge in [0.2, 0.25) is 0 Å². The third-order valence-electron chi connectivity index (χ3n) is 2.77. The number of nitrogen functional groups attached to an aromatic ring is 1. The number of Topliss-reactive ketones (excluding diaryl/α,β-unsaturated/α-hetero) is 1. The molecule has 0 fully saturated rings. The number of halogens is 1. The Morgan fingerprint density at radius 2 is 1.90 bits per heavy atom. The average molecular weight is 325 g/mol. The van der Waals surface area contributed by atoms with Crippen LogP contribution in [0.5, 0.6) is 0 Å². The van der Waals surface area contributed by atoms with Crippen molar-refractivity contribution in [1.82, 2.24) is 0 Å². The number of nitrogens with one attached hydrogen (secondary N) is 1. The van der Waals surface area contributed by atoms with Crippen molar-refractivity contribution in [2.24, 2.45) is 0 Å². The summed E-state index contributed by atoms with van der Waals surface area (Å²) in [7, 11) is -3.88. The Labute approximate surface area is 127 Å². The molecule has 7 heteroatoms. The van der Waals surface area contributed by atoms with Crippen LogP contribution in [0.15, 0.2) is 47.4 Å². The molecular formula is C14H13ClN2O3S. The maximum atomic E-state index is 12.3. The monoisotopic (exact) mass is 324 g/mol. The number of ketones is 1.